The molecule has 1 saturated heterocycles. The number of aliphatic hydroxyl groups excluding tert-OH is 1. The molecule has 0 radical (unpaired) electrons. The number of sulfonamides is 1. The smallest absolute Gasteiger partial charge is 0.243 e. The molecule has 1 aliphatic heterocycles. The Morgan fingerprint density at radius 3 is 2.86 bits per heavy atom. The van der Waals surface area contributed by atoms with E-state index in [1.165, 1.54) is 22.5 Å². The minimum Gasteiger partial charge on any atom is -0.396 e. The largest absolute Gasteiger partial charge is 0.396 e. The SMILES string of the molecule is NCc1c(F)cccc1S(=O)(=O)N1CCCC(CCO)C1. The van der Waals surface area contributed by atoms with Gasteiger partial charge in [0.1, 0.15) is 5.82 Å². The molecule has 0 spiro atoms. The van der Waals surface area contributed by atoms with Crippen molar-refractivity contribution in [2.45, 2.75) is 30.7 Å². The highest BCUT2D eigenvalue weighted by molar-refractivity contribution is 7.89. The van der Waals surface area contributed by atoms with Crippen molar-refractivity contribution >= 4 is 10.0 Å². The molecule has 0 aliphatic carbocycles. The molecule has 3 N–H and O–H groups in total. The van der Waals surface area contributed by atoms with Crippen LogP contribution in [0.5, 0.6) is 0 Å². The number of nitrogens with zero attached hydrogens (tertiary/aromatic N) is 1. The highest BCUT2D eigenvalue weighted by atomic mass is 32.2. The second-order valence-electron chi connectivity index (χ2n) is 5.30. The molecule has 0 aromatic heterocycles. The molecule has 21 heavy (non-hydrogen) atoms. The minimum absolute atomic E-state index is 0.0294. The number of rotatable bonds is 5. The van der Waals surface area contributed by atoms with E-state index in [-0.39, 0.29) is 29.5 Å². The van der Waals surface area contributed by atoms with Crippen LogP contribution in [-0.2, 0) is 16.6 Å². The van der Waals surface area contributed by atoms with E-state index in [2.05, 4.69) is 0 Å². The van der Waals surface area contributed by atoms with Crippen molar-refractivity contribution in [2.75, 3.05) is 19.7 Å². The lowest BCUT2D eigenvalue weighted by molar-refractivity contribution is 0.203. The number of aliphatic hydroxyl groups is 1. The van der Waals surface area contributed by atoms with Gasteiger partial charge in [0, 0.05) is 31.8 Å². The fourth-order valence-corrected chi connectivity index (χ4v) is 4.58. The van der Waals surface area contributed by atoms with E-state index in [0.717, 1.165) is 12.8 Å². The first-order chi connectivity index (χ1) is 10.0. The van der Waals surface area contributed by atoms with E-state index < -0.39 is 15.8 Å². The van der Waals surface area contributed by atoms with Crippen molar-refractivity contribution in [2.24, 2.45) is 11.7 Å². The lowest BCUT2D eigenvalue weighted by atomic mass is 9.97. The molecular formula is C14H21FN2O3S. The van der Waals surface area contributed by atoms with Gasteiger partial charge in [-0.2, -0.15) is 4.31 Å². The van der Waals surface area contributed by atoms with E-state index in [9.17, 15) is 12.8 Å². The zero-order valence-electron chi connectivity index (χ0n) is 11.8. The number of halogens is 1. The average molecular weight is 316 g/mol. The van der Waals surface area contributed by atoms with Crippen molar-refractivity contribution in [1.29, 1.82) is 0 Å². The van der Waals surface area contributed by atoms with Crippen LogP contribution in [0.3, 0.4) is 0 Å². The van der Waals surface area contributed by atoms with Gasteiger partial charge in [-0.05, 0) is 37.3 Å². The van der Waals surface area contributed by atoms with Crippen LogP contribution in [0.2, 0.25) is 0 Å². The topological polar surface area (TPSA) is 83.6 Å². The second-order valence-corrected chi connectivity index (χ2v) is 7.21. The lowest BCUT2D eigenvalue weighted by Gasteiger charge is -2.32. The van der Waals surface area contributed by atoms with Crippen molar-refractivity contribution < 1.29 is 17.9 Å². The Morgan fingerprint density at radius 2 is 2.19 bits per heavy atom. The van der Waals surface area contributed by atoms with Crippen LogP contribution in [0.1, 0.15) is 24.8 Å². The molecule has 2 rings (SSSR count). The summed E-state index contributed by atoms with van der Waals surface area (Å²) >= 11 is 0. The summed E-state index contributed by atoms with van der Waals surface area (Å²) in [7, 11) is -3.75. The third-order valence-electron chi connectivity index (χ3n) is 3.92. The third kappa shape index (κ3) is 3.42. The van der Waals surface area contributed by atoms with Gasteiger partial charge < -0.3 is 10.8 Å². The van der Waals surface area contributed by atoms with Gasteiger partial charge in [0.05, 0.1) is 4.90 Å². The first-order valence-electron chi connectivity index (χ1n) is 7.09. The second kappa shape index (κ2) is 6.83. The van der Waals surface area contributed by atoms with Gasteiger partial charge in [-0.25, -0.2) is 12.8 Å². The van der Waals surface area contributed by atoms with Crippen molar-refractivity contribution in [3.8, 4) is 0 Å². The summed E-state index contributed by atoms with van der Waals surface area (Å²) in [6.07, 6.45) is 2.23. The maximum Gasteiger partial charge on any atom is 0.243 e. The zero-order chi connectivity index (χ0) is 15.5. The fourth-order valence-electron chi connectivity index (χ4n) is 2.78. The summed E-state index contributed by atoms with van der Waals surface area (Å²) in [4.78, 5) is -0.0466. The highest BCUT2D eigenvalue weighted by Crippen LogP contribution is 2.27. The van der Waals surface area contributed by atoms with Crippen LogP contribution in [0, 0.1) is 11.7 Å². The van der Waals surface area contributed by atoms with E-state index in [4.69, 9.17) is 10.8 Å². The van der Waals surface area contributed by atoms with E-state index >= 15 is 0 Å². The summed E-state index contributed by atoms with van der Waals surface area (Å²) in [6.45, 7) is 0.677. The summed E-state index contributed by atoms with van der Waals surface area (Å²) < 4.78 is 40.5. The molecule has 7 heteroatoms. The predicted molar refractivity (Wildman–Crippen MR) is 77.5 cm³/mol. The average Bonchev–Trinajstić information content (AvgIpc) is 2.47. The Hall–Kier alpha value is -1.02. The van der Waals surface area contributed by atoms with Gasteiger partial charge >= 0.3 is 0 Å². The molecule has 0 saturated carbocycles. The molecule has 1 heterocycles. The quantitative estimate of drug-likeness (QED) is 0.851. The van der Waals surface area contributed by atoms with Crippen LogP contribution in [0.15, 0.2) is 23.1 Å². The van der Waals surface area contributed by atoms with Crippen LogP contribution < -0.4 is 5.73 Å². The maximum absolute atomic E-state index is 13.7. The summed E-state index contributed by atoms with van der Waals surface area (Å²) in [5, 5.41) is 9.01. The predicted octanol–water partition coefficient (Wildman–Crippen LogP) is 1.07. The molecule has 118 valence electrons. The van der Waals surface area contributed by atoms with Crippen LogP contribution in [0.4, 0.5) is 4.39 Å². The fraction of sp³-hybridized carbons (Fsp3) is 0.571. The number of piperidine rings is 1. The molecule has 5 nitrogen and oxygen atoms in total. The van der Waals surface area contributed by atoms with Gasteiger partial charge in [0.25, 0.3) is 0 Å². The normalized spacial score (nSPS) is 20.6. The van der Waals surface area contributed by atoms with Crippen LogP contribution in [0.25, 0.3) is 0 Å². The number of benzene rings is 1. The zero-order valence-corrected chi connectivity index (χ0v) is 12.7. The van der Waals surface area contributed by atoms with Gasteiger partial charge in [0.2, 0.25) is 10.0 Å². The molecule has 0 bridgehead atoms. The van der Waals surface area contributed by atoms with Crippen molar-refractivity contribution in [3.05, 3.63) is 29.6 Å². The third-order valence-corrected chi connectivity index (χ3v) is 5.87. The van der Waals surface area contributed by atoms with Crippen LogP contribution >= 0.6 is 0 Å². The number of hydrogen-bond acceptors (Lipinski definition) is 4. The van der Waals surface area contributed by atoms with Gasteiger partial charge in [0.15, 0.2) is 0 Å². The lowest BCUT2D eigenvalue weighted by Crippen LogP contribution is -2.40. The van der Waals surface area contributed by atoms with Crippen molar-refractivity contribution in [3.63, 3.8) is 0 Å². The van der Waals surface area contributed by atoms with Crippen molar-refractivity contribution in [1.82, 2.24) is 4.31 Å². The van der Waals surface area contributed by atoms with E-state index in [1.54, 1.807) is 0 Å². The molecular weight excluding hydrogens is 295 g/mol. The monoisotopic (exact) mass is 316 g/mol. The summed E-state index contributed by atoms with van der Waals surface area (Å²) in [5.74, 6) is -0.448. The summed E-state index contributed by atoms with van der Waals surface area (Å²) in [5.41, 5.74) is 5.53. The molecule has 1 aromatic rings. The Labute approximate surface area is 124 Å². The summed E-state index contributed by atoms with van der Waals surface area (Å²) in [6, 6.07) is 4.00. The Bertz CT molecular complexity index is 590. The Kier molecular flexibility index (Phi) is 5.32. The molecule has 1 aliphatic rings. The Balaban J connectivity index is 2.32. The minimum atomic E-state index is -3.75. The molecule has 1 atom stereocenters. The van der Waals surface area contributed by atoms with Gasteiger partial charge in [-0.3, -0.25) is 0 Å². The first kappa shape index (κ1) is 16.4. The first-order valence-corrected chi connectivity index (χ1v) is 8.53. The highest BCUT2D eigenvalue weighted by Gasteiger charge is 2.31. The standard InChI is InChI=1S/C14H21FN2O3S/c15-13-4-1-5-14(12(13)9-16)21(19,20)17-7-2-3-11(10-17)6-8-18/h1,4-5,11,18H,2-3,6-10,16H2. The number of hydrogen-bond donors (Lipinski definition) is 2. The van der Waals surface area contributed by atoms with Crippen LogP contribution in [-0.4, -0.2) is 37.5 Å². The van der Waals surface area contributed by atoms with Gasteiger partial charge in [-0.1, -0.05) is 6.07 Å². The molecule has 1 unspecified atom stereocenters. The Morgan fingerprint density at radius 1 is 1.43 bits per heavy atom. The maximum atomic E-state index is 13.7. The van der Waals surface area contributed by atoms with Gasteiger partial charge in [-0.15, -0.1) is 0 Å². The molecule has 1 aromatic carbocycles. The molecule has 1 fully saturated rings. The molecule has 0 amide bonds. The number of nitrogens with two attached hydrogens (primary N) is 1. The van der Waals surface area contributed by atoms with E-state index in [1.807, 2.05) is 0 Å². The van der Waals surface area contributed by atoms with E-state index in [0.29, 0.717) is 19.5 Å².